The van der Waals surface area contributed by atoms with Crippen LogP contribution < -0.4 is 16.4 Å². The maximum atomic E-state index is 12.8. The van der Waals surface area contributed by atoms with Gasteiger partial charge in [-0.3, -0.25) is 9.59 Å². The van der Waals surface area contributed by atoms with Gasteiger partial charge in [0.25, 0.3) is 5.91 Å². The number of aromatic hydroxyl groups is 1. The fourth-order valence-corrected chi connectivity index (χ4v) is 4.98. The van der Waals surface area contributed by atoms with Crippen molar-refractivity contribution in [3.8, 4) is 17.6 Å². The van der Waals surface area contributed by atoms with Crippen LogP contribution in [0.25, 0.3) is 21.1 Å². The third-order valence-corrected chi connectivity index (χ3v) is 6.92. The van der Waals surface area contributed by atoms with Gasteiger partial charge in [0.1, 0.15) is 17.0 Å². The van der Waals surface area contributed by atoms with Gasteiger partial charge in [0.2, 0.25) is 5.91 Å². The van der Waals surface area contributed by atoms with E-state index in [1.165, 1.54) is 17.4 Å². The molecule has 0 bridgehead atoms. The van der Waals surface area contributed by atoms with Gasteiger partial charge in [-0.25, -0.2) is 4.98 Å². The molecule has 0 aliphatic rings. The topological polar surface area (TPSA) is 133 Å². The molecule has 2 aromatic heterocycles. The number of rotatable bonds is 7. The maximum absolute atomic E-state index is 12.8. The molecule has 0 spiro atoms. The SMILES string of the molecule is C=CC(=O)Nc1ccc(CNC(=O)c2cc3cccc(CCC#Cc4cc(O)c5nc(N)sc5c4)c3[nH]2)cc1. The van der Waals surface area contributed by atoms with Gasteiger partial charge in [0, 0.05) is 35.1 Å². The summed E-state index contributed by atoms with van der Waals surface area (Å²) in [6.07, 6.45) is 2.51. The number of hydrogen-bond donors (Lipinski definition) is 5. The summed E-state index contributed by atoms with van der Waals surface area (Å²) in [5, 5.41) is 17.2. The van der Waals surface area contributed by atoms with Crippen LogP contribution in [0.2, 0.25) is 0 Å². The quantitative estimate of drug-likeness (QED) is 0.146. The second kappa shape index (κ2) is 11.1. The Balaban J connectivity index is 1.22. The molecule has 0 fully saturated rings. The molecule has 194 valence electrons. The molecule has 5 rings (SSSR count). The molecule has 39 heavy (non-hydrogen) atoms. The molecule has 0 saturated heterocycles. The van der Waals surface area contributed by atoms with Gasteiger partial charge in [0.15, 0.2) is 5.13 Å². The summed E-state index contributed by atoms with van der Waals surface area (Å²) < 4.78 is 0.799. The standard InChI is InChI=1S/C30H25N5O3S/c1-2-26(37)33-22-12-10-18(11-13-22)17-32-29(38)23-16-21-9-5-8-20(27(21)34-23)7-4-3-6-19-14-24(36)28-25(15-19)39-30(31)35-28/h2,5,8-16,34,36H,1,4,7,17H2,(H2,31,35)(H,32,38)(H,33,37). The van der Waals surface area contributed by atoms with Gasteiger partial charge >= 0.3 is 0 Å². The predicted molar refractivity (Wildman–Crippen MR) is 156 cm³/mol. The molecule has 8 nitrogen and oxygen atoms in total. The second-order valence-electron chi connectivity index (χ2n) is 8.83. The number of H-pyrrole nitrogens is 1. The molecule has 0 unspecified atom stereocenters. The fraction of sp³-hybridized carbons (Fsp3) is 0.100. The third-order valence-electron chi connectivity index (χ3n) is 6.09. The summed E-state index contributed by atoms with van der Waals surface area (Å²) in [5.41, 5.74) is 11.0. The lowest BCUT2D eigenvalue weighted by Gasteiger charge is -2.06. The molecule has 2 heterocycles. The first kappa shape index (κ1) is 25.6. The summed E-state index contributed by atoms with van der Waals surface area (Å²) in [7, 11) is 0. The summed E-state index contributed by atoms with van der Waals surface area (Å²) in [6.45, 7) is 3.78. The number of carbonyl (C=O) groups is 2. The Morgan fingerprint density at radius 2 is 1.97 bits per heavy atom. The minimum atomic E-state index is -0.277. The van der Waals surface area contributed by atoms with Gasteiger partial charge in [0.05, 0.1) is 4.70 Å². The smallest absolute Gasteiger partial charge is 0.267 e. The first-order valence-electron chi connectivity index (χ1n) is 12.2. The highest BCUT2D eigenvalue weighted by atomic mass is 32.1. The fourth-order valence-electron chi connectivity index (χ4n) is 4.19. The van der Waals surface area contributed by atoms with Crippen molar-refractivity contribution in [1.29, 1.82) is 0 Å². The number of thiazole rings is 1. The second-order valence-corrected chi connectivity index (χ2v) is 9.90. The number of aromatic nitrogens is 2. The number of nitrogens with zero attached hydrogens (tertiary/aromatic N) is 1. The number of benzene rings is 3. The first-order valence-corrected chi connectivity index (χ1v) is 13.0. The lowest BCUT2D eigenvalue weighted by atomic mass is 10.1. The van der Waals surface area contributed by atoms with Crippen LogP contribution in [0.4, 0.5) is 10.8 Å². The number of phenolic OH excluding ortho intramolecular Hbond substituents is 1. The number of hydrogen-bond acceptors (Lipinski definition) is 6. The Labute approximate surface area is 228 Å². The monoisotopic (exact) mass is 535 g/mol. The van der Waals surface area contributed by atoms with E-state index in [-0.39, 0.29) is 17.6 Å². The van der Waals surface area contributed by atoms with Gasteiger partial charge in [-0.2, -0.15) is 0 Å². The highest BCUT2D eigenvalue weighted by molar-refractivity contribution is 7.22. The van der Waals surface area contributed by atoms with Crippen molar-refractivity contribution in [2.45, 2.75) is 19.4 Å². The van der Waals surface area contributed by atoms with Crippen molar-refractivity contribution in [3.05, 3.63) is 95.7 Å². The number of nitrogen functional groups attached to an aromatic ring is 1. The van der Waals surface area contributed by atoms with E-state index < -0.39 is 0 Å². The number of nitrogens with two attached hydrogens (primary N) is 1. The number of aryl methyl sites for hydroxylation is 1. The van der Waals surface area contributed by atoms with Crippen LogP contribution in [0, 0.1) is 11.8 Å². The number of fused-ring (bicyclic) bond motifs is 2. The Kier molecular flexibility index (Phi) is 7.30. The molecule has 0 aliphatic heterocycles. The van der Waals surface area contributed by atoms with Gasteiger partial charge in [-0.05, 0) is 54.0 Å². The molecule has 0 atom stereocenters. The van der Waals surface area contributed by atoms with E-state index in [2.05, 4.69) is 39.0 Å². The average Bonchev–Trinajstić information content (AvgIpc) is 3.54. The van der Waals surface area contributed by atoms with Crippen molar-refractivity contribution in [2.75, 3.05) is 11.1 Å². The van der Waals surface area contributed by atoms with Crippen molar-refractivity contribution in [2.24, 2.45) is 0 Å². The molecule has 0 radical (unpaired) electrons. The molecular formula is C30H25N5O3S. The molecule has 0 aliphatic carbocycles. The van der Waals surface area contributed by atoms with Crippen LogP contribution in [0.15, 0.2) is 73.3 Å². The molecule has 5 aromatic rings. The Morgan fingerprint density at radius 3 is 2.77 bits per heavy atom. The zero-order valence-corrected chi connectivity index (χ0v) is 21.7. The largest absolute Gasteiger partial charge is 0.506 e. The minimum absolute atomic E-state index is 0.0701. The lowest BCUT2D eigenvalue weighted by molar-refractivity contribution is -0.111. The molecule has 2 amide bonds. The van der Waals surface area contributed by atoms with Crippen molar-refractivity contribution < 1.29 is 14.7 Å². The normalized spacial score (nSPS) is 10.7. The number of para-hydroxylation sites is 1. The summed E-state index contributed by atoms with van der Waals surface area (Å²) in [6, 6.07) is 18.5. The molecule has 9 heteroatoms. The van der Waals surface area contributed by atoms with E-state index in [0.29, 0.717) is 47.0 Å². The van der Waals surface area contributed by atoms with Crippen LogP contribution in [0.5, 0.6) is 5.75 Å². The zero-order valence-electron chi connectivity index (χ0n) is 20.9. The van der Waals surface area contributed by atoms with Crippen LogP contribution in [-0.2, 0) is 17.8 Å². The maximum Gasteiger partial charge on any atom is 0.267 e. The molecule has 6 N–H and O–H groups in total. The number of amides is 2. The van der Waals surface area contributed by atoms with E-state index in [1.807, 2.05) is 42.5 Å². The van der Waals surface area contributed by atoms with Crippen LogP contribution in [0.1, 0.15) is 33.6 Å². The Morgan fingerprint density at radius 1 is 1.15 bits per heavy atom. The van der Waals surface area contributed by atoms with E-state index in [1.54, 1.807) is 18.2 Å². The summed E-state index contributed by atoms with van der Waals surface area (Å²) in [4.78, 5) is 31.6. The highest BCUT2D eigenvalue weighted by Gasteiger charge is 2.12. The van der Waals surface area contributed by atoms with E-state index in [4.69, 9.17) is 5.73 Å². The van der Waals surface area contributed by atoms with Crippen molar-refractivity contribution in [3.63, 3.8) is 0 Å². The summed E-state index contributed by atoms with van der Waals surface area (Å²) >= 11 is 1.31. The molecular weight excluding hydrogens is 510 g/mol. The number of aromatic amines is 1. The van der Waals surface area contributed by atoms with E-state index in [9.17, 15) is 14.7 Å². The zero-order chi connectivity index (χ0) is 27.4. The van der Waals surface area contributed by atoms with Crippen molar-refractivity contribution >= 4 is 55.1 Å². The number of anilines is 2. The number of phenols is 1. The highest BCUT2D eigenvalue weighted by Crippen LogP contribution is 2.31. The number of carbonyl (C=O) groups excluding carboxylic acids is 2. The van der Waals surface area contributed by atoms with E-state index in [0.717, 1.165) is 26.7 Å². The van der Waals surface area contributed by atoms with Gasteiger partial charge in [-0.1, -0.05) is 60.1 Å². The number of nitrogens with one attached hydrogen (secondary N) is 3. The molecule has 3 aromatic carbocycles. The summed E-state index contributed by atoms with van der Waals surface area (Å²) in [5.74, 6) is 5.86. The Hall–Kier alpha value is -5.07. The minimum Gasteiger partial charge on any atom is -0.506 e. The average molecular weight is 536 g/mol. The lowest BCUT2D eigenvalue weighted by Crippen LogP contribution is -2.23. The van der Waals surface area contributed by atoms with Crippen molar-refractivity contribution in [1.82, 2.24) is 15.3 Å². The Bertz CT molecular complexity index is 1770. The third kappa shape index (κ3) is 5.92. The van der Waals surface area contributed by atoms with Gasteiger partial charge in [-0.15, -0.1) is 0 Å². The van der Waals surface area contributed by atoms with Gasteiger partial charge < -0.3 is 26.5 Å². The van der Waals surface area contributed by atoms with Crippen LogP contribution in [0.3, 0.4) is 0 Å². The van der Waals surface area contributed by atoms with Crippen LogP contribution >= 0.6 is 11.3 Å². The molecule has 0 saturated carbocycles. The van der Waals surface area contributed by atoms with Crippen LogP contribution in [-0.4, -0.2) is 26.9 Å². The predicted octanol–water partition coefficient (Wildman–Crippen LogP) is 5.10. The van der Waals surface area contributed by atoms with E-state index >= 15 is 0 Å². The first-order chi connectivity index (χ1) is 18.9.